The number of nitrogens with one attached hydrogen (secondary N) is 1. The normalized spacial score (nSPS) is 25.1. The Balaban J connectivity index is 1.87. The SMILES string of the molecule is CCNCc1cnc(C2CCC(CC)CC2)s1. The fourth-order valence-corrected chi connectivity index (χ4v) is 3.72. The van der Waals surface area contributed by atoms with Crippen LogP contribution in [0.15, 0.2) is 6.20 Å². The summed E-state index contributed by atoms with van der Waals surface area (Å²) >= 11 is 1.91. The third-order valence-electron chi connectivity index (χ3n) is 3.89. The Kier molecular flexibility index (Phi) is 4.99. The van der Waals surface area contributed by atoms with Gasteiger partial charge in [-0.15, -0.1) is 11.3 Å². The van der Waals surface area contributed by atoms with Gasteiger partial charge in [0.2, 0.25) is 0 Å². The molecule has 0 spiro atoms. The van der Waals surface area contributed by atoms with Gasteiger partial charge in [0.25, 0.3) is 0 Å². The van der Waals surface area contributed by atoms with Gasteiger partial charge in [-0.05, 0) is 38.1 Å². The lowest BCUT2D eigenvalue weighted by molar-refractivity contribution is 0.318. The fourth-order valence-electron chi connectivity index (χ4n) is 2.66. The van der Waals surface area contributed by atoms with Crippen molar-refractivity contribution < 1.29 is 0 Å². The molecule has 3 heteroatoms. The van der Waals surface area contributed by atoms with Gasteiger partial charge in [0.05, 0.1) is 5.01 Å². The first kappa shape index (κ1) is 13.0. The van der Waals surface area contributed by atoms with E-state index in [1.165, 1.54) is 42.0 Å². The molecule has 1 aromatic heterocycles. The molecule has 1 N–H and O–H groups in total. The van der Waals surface area contributed by atoms with Crippen LogP contribution in [0.2, 0.25) is 0 Å². The number of rotatable bonds is 5. The van der Waals surface area contributed by atoms with Crippen LogP contribution in [0.4, 0.5) is 0 Å². The lowest BCUT2D eigenvalue weighted by atomic mass is 9.81. The van der Waals surface area contributed by atoms with Crippen LogP contribution in [0.5, 0.6) is 0 Å². The van der Waals surface area contributed by atoms with Gasteiger partial charge in [-0.3, -0.25) is 0 Å². The maximum absolute atomic E-state index is 4.62. The van der Waals surface area contributed by atoms with Crippen LogP contribution in [-0.2, 0) is 6.54 Å². The molecule has 0 radical (unpaired) electrons. The van der Waals surface area contributed by atoms with Crippen LogP contribution in [0, 0.1) is 5.92 Å². The second kappa shape index (κ2) is 6.50. The number of hydrogen-bond acceptors (Lipinski definition) is 3. The molecule has 0 bridgehead atoms. The second-order valence-electron chi connectivity index (χ2n) is 5.07. The molecule has 17 heavy (non-hydrogen) atoms. The van der Waals surface area contributed by atoms with Gasteiger partial charge in [-0.1, -0.05) is 20.3 Å². The van der Waals surface area contributed by atoms with Crippen molar-refractivity contribution in [2.75, 3.05) is 6.54 Å². The summed E-state index contributed by atoms with van der Waals surface area (Å²) in [5, 5.41) is 4.75. The van der Waals surface area contributed by atoms with Crippen molar-refractivity contribution in [3.8, 4) is 0 Å². The number of nitrogens with zero attached hydrogens (tertiary/aromatic N) is 1. The van der Waals surface area contributed by atoms with E-state index in [9.17, 15) is 0 Å². The Morgan fingerprint density at radius 2 is 2.06 bits per heavy atom. The lowest BCUT2D eigenvalue weighted by Gasteiger charge is -2.26. The Labute approximate surface area is 109 Å². The predicted molar refractivity (Wildman–Crippen MR) is 74.5 cm³/mol. The summed E-state index contributed by atoms with van der Waals surface area (Å²) in [6, 6.07) is 0. The summed E-state index contributed by atoms with van der Waals surface area (Å²) in [4.78, 5) is 6.01. The summed E-state index contributed by atoms with van der Waals surface area (Å²) in [5.41, 5.74) is 0. The van der Waals surface area contributed by atoms with E-state index in [4.69, 9.17) is 0 Å². The molecule has 0 atom stereocenters. The molecule has 96 valence electrons. The third kappa shape index (κ3) is 3.52. The van der Waals surface area contributed by atoms with E-state index in [2.05, 4.69) is 30.3 Å². The summed E-state index contributed by atoms with van der Waals surface area (Å²) in [6.07, 6.45) is 8.94. The average Bonchev–Trinajstić information content (AvgIpc) is 2.85. The van der Waals surface area contributed by atoms with Crippen LogP contribution in [0.1, 0.15) is 61.8 Å². The topological polar surface area (TPSA) is 24.9 Å². The van der Waals surface area contributed by atoms with Crippen molar-refractivity contribution in [1.82, 2.24) is 10.3 Å². The molecular formula is C14H24N2S. The fraction of sp³-hybridized carbons (Fsp3) is 0.786. The number of thiazole rings is 1. The van der Waals surface area contributed by atoms with Crippen molar-refractivity contribution in [3.05, 3.63) is 16.1 Å². The highest BCUT2D eigenvalue weighted by atomic mass is 32.1. The Morgan fingerprint density at radius 3 is 2.71 bits per heavy atom. The van der Waals surface area contributed by atoms with Crippen molar-refractivity contribution in [1.29, 1.82) is 0 Å². The second-order valence-corrected chi connectivity index (χ2v) is 6.22. The van der Waals surface area contributed by atoms with Gasteiger partial charge < -0.3 is 5.32 Å². The lowest BCUT2D eigenvalue weighted by Crippen LogP contribution is -2.12. The molecule has 0 unspecified atom stereocenters. The summed E-state index contributed by atoms with van der Waals surface area (Å²) in [7, 11) is 0. The number of hydrogen-bond donors (Lipinski definition) is 1. The monoisotopic (exact) mass is 252 g/mol. The predicted octanol–water partition coefficient (Wildman–Crippen LogP) is 3.94. The van der Waals surface area contributed by atoms with Gasteiger partial charge in [-0.2, -0.15) is 0 Å². The van der Waals surface area contributed by atoms with E-state index < -0.39 is 0 Å². The van der Waals surface area contributed by atoms with Crippen LogP contribution < -0.4 is 5.32 Å². The van der Waals surface area contributed by atoms with E-state index in [1.807, 2.05) is 11.3 Å². The molecule has 0 amide bonds. The van der Waals surface area contributed by atoms with Gasteiger partial charge >= 0.3 is 0 Å². The van der Waals surface area contributed by atoms with Crippen molar-refractivity contribution >= 4 is 11.3 Å². The molecule has 2 nitrogen and oxygen atoms in total. The molecule has 0 aliphatic heterocycles. The van der Waals surface area contributed by atoms with Crippen LogP contribution >= 0.6 is 11.3 Å². The maximum atomic E-state index is 4.62. The number of aromatic nitrogens is 1. The minimum Gasteiger partial charge on any atom is -0.312 e. The molecule has 2 rings (SSSR count). The zero-order valence-electron chi connectivity index (χ0n) is 11.0. The molecule has 0 aromatic carbocycles. The van der Waals surface area contributed by atoms with Crippen molar-refractivity contribution in [3.63, 3.8) is 0 Å². The highest BCUT2D eigenvalue weighted by Gasteiger charge is 2.23. The van der Waals surface area contributed by atoms with Crippen molar-refractivity contribution in [2.45, 2.75) is 58.4 Å². The average molecular weight is 252 g/mol. The Hall–Kier alpha value is -0.410. The molecule has 1 fully saturated rings. The largest absolute Gasteiger partial charge is 0.312 e. The zero-order valence-corrected chi connectivity index (χ0v) is 11.9. The molecule has 1 aliphatic rings. The molecular weight excluding hydrogens is 228 g/mol. The first-order chi connectivity index (χ1) is 8.33. The molecule has 1 saturated carbocycles. The first-order valence-corrected chi connectivity index (χ1v) is 7.80. The highest BCUT2D eigenvalue weighted by molar-refractivity contribution is 7.11. The van der Waals surface area contributed by atoms with Gasteiger partial charge in [0, 0.05) is 23.5 Å². The molecule has 0 saturated heterocycles. The minimum atomic E-state index is 0.748. The highest BCUT2D eigenvalue weighted by Crippen LogP contribution is 2.38. The van der Waals surface area contributed by atoms with Gasteiger partial charge in [-0.25, -0.2) is 4.98 Å². The van der Waals surface area contributed by atoms with E-state index in [-0.39, 0.29) is 0 Å². The van der Waals surface area contributed by atoms with Crippen LogP contribution in [0.3, 0.4) is 0 Å². The van der Waals surface area contributed by atoms with Crippen LogP contribution in [-0.4, -0.2) is 11.5 Å². The molecule has 1 aromatic rings. The van der Waals surface area contributed by atoms with E-state index in [0.717, 1.165) is 24.9 Å². The quantitative estimate of drug-likeness (QED) is 0.858. The minimum absolute atomic E-state index is 0.748. The third-order valence-corrected chi connectivity index (χ3v) is 5.05. The van der Waals surface area contributed by atoms with E-state index in [1.54, 1.807) is 0 Å². The summed E-state index contributed by atoms with van der Waals surface area (Å²) in [6.45, 7) is 6.49. The Morgan fingerprint density at radius 1 is 1.29 bits per heavy atom. The van der Waals surface area contributed by atoms with Gasteiger partial charge in [0.1, 0.15) is 0 Å². The standard InChI is InChI=1S/C14H24N2S/c1-3-11-5-7-12(8-6-11)14-16-10-13(17-14)9-15-4-2/h10-12,15H,3-9H2,1-2H3. The van der Waals surface area contributed by atoms with Crippen LogP contribution in [0.25, 0.3) is 0 Å². The summed E-state index contributed by atoms with van der Waals surface area (Å²) < 4.78 is 0. The zero-order chi connectivity index (χ0) is 12.1. The first-order valence-electron chi connectivity index (χ1n) is 6.98. The molecule has 1 aliphatic carbocycles. The maximum Gasteiger partial charge on any atom is 0.0959 e. The van der Waals surface area contributed by atoms with Crippen molar-refractivity contribution in [2.24, 2.45) is 5.92 Å². The summed E-state index contributed by atoms with van der Waals surface area (Å²) in [5.74, 6) is 1.73. The van der Waals surface area contributed by atoms with E-state index in [0.29, 0.717) is 0 Å². The van der Waals surface area contributed by atoms with Gasteiger partial charge in [0.15, 0.2) is 0 Å². The Bertz CT molecular complexity index is 327. The van der Waals surface area contributed by atoms with E-state index >= 15 is 0 Å². The molecule has 1 heterocycles. The smallest absolute Gasteiger partial charge is 0.0959 e.